The van der Waals surface area contributed by atoms with Crippen LogP contribution in [0.4, 0.5) is 0 Å². The minimum Gasteiger partial charge on any atom is -0.383 e. The van der Waals surface area contributed by atoms with E-state index in [9.17, 15) is 21.6 Å². The molecule has 0 bridgehead atoms. The number of nitrogens with one attached hydrogen (secondary N) is 3. The molecule has 0 aromatic heterocycles. The van der Waals surface area contributed by atoms with Crippen LogP contribution in [0.1, 0.15) is 35.3 Å². The number of sulfonamides is 2. The molecule has 0 saturated carbocycles. The molecule has 176 valence electrons. The third kappa shape index (κ3) is 8.32. The molecule has 3 N–H and O–H groups in total. The van der Waals surface area contributed by atoms with E-state index in [4.69, 9.17) is 4.74 Å². The molecular formula is C21H29N3O6S2. The van der Waals surface area contributed by atoms with Crippen molar-refractivity contribution in [3.8, 4) is 0 Å². The standard InChI is InChI=1S/C21H29N3O6S2/c1-16(2)24-31(26,27)15-18-6-4-17(5-7-18)14-22-21(25)19-8-10-20(11-9-19)32(28,29)23-12-13-30-3/h4-11,16,23-24H,12-15H2,1-3H3,(H,22,25). The molecule has 0 radical (unpaired) electrons. The van der Waals surface area contributed by atoms with Crippen LogP contribution in [-0.2, 0) is 37.1 Å². The Labute approximate surface area is 189 Å². The maximum absolute atomic E-state index is 12.4. The van der Waals surface area contributed by atoms with Gasteiger partial charge in [-0.15, -0.1) is 0 Å². The summed E-state index contributed by atoms with van der Waals surface area (Å²) in [6.07, 6.45) is 0. The molecule has 2 aromatic carbocycles. The third-order valence-corrected chi connectivity index (χ3v) is 7.29. The molecule has 0 aliphatic rings. The summed E-state index contributed by atoms with van der Waals surface area (Å²) in [7, 11) is -5.59. The molecule has 0 aliphatic carbocycles. The lowest BCUT2D eigenvalue weighted by Crippen LogP contribution is -2.31. The van der Waals surface area contributed by atoms with Crippen LogP contribution in [0, 0.1) is 0 Å². The van der Waals surface area contributed by atoms with Gasteiger partial charge < -0.3 is 10.1 Å². The number of ether oxygens (including phenoxy) is 1. The first-order chi connectivity index (χ1) is 15.0. The number of benzene rings is 2. The van der Waals surface area contributed by atoms with Crippen molar-refractivity contribution >= 4 is 26.0 Å². The van der Waals surface area contributed by atoms with Crippen LogP contribution in [0.5, 0.6) is 0 Å². The maximum Gasteiger partial charge on any atom is 0.251 e. The van der Waals surface area contributed by atoms with Gasteiger partial charge in [0.05, 0.1) is 17.3 Å². The lowest BCUT2D eigenvalue weighted by molar-refractivity contribution is 0.0951. The summed E-state index contributed by atoms with van der Waals surface area (Å²) in [6.45, 7) is 4.17. The zero-order chi connectivity index (χ0) is 23.8. The van der Waals surface area contributed by atoms with Crippen molar-refractivity contribution in [3.63, 3.8) is 0 Å². The Hall–Kier alpha value is -2.31. The molecule has 0 atom stereocenters. The largest absolute Gasteiger partial charge is 0.383 e. The van der Waals surface area contributed by atoms with Gasteiger partial charge in [0.15, 0.2) is 0 Å². The highest BCUT2D eigenvalue weighted by molar-refractivity contribution is 7.89. The topological polar surface area (TPSA) is 131 Å². The van der Waals surface area contributed by atoms with Gasteiger partial charge in [-0.2, -0.15) is 0 Å². The number of carbonyl (C=O) groups excluding carboxylic acids is 1. The first-order valence-corrected chi connectivity index (χ1v) is 13.1. The van der Waals surface area contributed by atoms with Gasteiger partial charge in [0, 0.05) is 31.8 Å². The van der Waals surface area contributed by atoms with Crippen LogP contribution in [0.15, 0.2) is 53.4 Å². The fraction of sp³-hybridized carbons (Fsp3) is 0.381. The summed E-state index contributed by atoms with van der Waals surface area (Å²) in [5.74, 6) is -0.470. The Bertz CT molecular complexity index is 1100. The van der Waals surface area contributed by atoms with E-state index in [2.05, 4.69) is 14.8 Å². The van der Waals surface area contributed by atoms with Crippen LogP contribution < -0.4 is 14.8 Å². The smallest absolute Gasteiger partial charge is 0.251 e. The van der Waals surface area contributed by atoms with Gasteiger partial charge in [-0.05, 0) is 49.2 Å². The normalized spacial score (nSPS) is 12.1. The Morgan fingerprint density at radius 1 is 0.938 bits per heavy atom. The number of hydrogen-bond donors (Lipinski definition) is 3. The van der Waals surface area contributed by atoms with E-state index in [0.29, 0.717) is 11.1 Å². The fourth-order valence-corrected chi connectivity index (χ4v) is 5.25. The second-order valence-electron chi connectivity index (χ2n) is 7.45. The van der Waals surface area contributed by atoms with Crippen molar-refractivity contribution in [1.29, 1.82) is 0 Å². The molecule has 32 heavy (non-hydrogen) atoms. The Morgan fingerprint density at radius 2 is 1.53 bits per heavy atom. The van der Waals surface area contributed by atoms with Crippen LogP contribution in [-0.4, -0.2) is 49.0 Å². The molecule has 0 spiro atoms. The molecule has 0 saturated heterocycles. The fourth-order valence-electron chi connectivity index (χ4n) is 2.80. The molecule has 1 amide bonds. The summed E-state index contributed by atoms with van der Waals surface area (Å²) >= 11 is 0. The molecule has 0 aliphatic heterocycles. The summed E-state index contributed by atoms with van der Waals surface area (Å²) < 4.78 is 58.1. The summed E-state index contributed by atoms with van der Waals surface area (Å²) in [5.41, 5.74) is 1.77. The van der Waals surface area contributed by atoms with Crippen LogP contribution >= 0.6 is 0 Å². The predicted octanol–water partition coefficient (Wildman–Crippen LogP) is 1.37. The molecule has 11 heteroatoms. The van der Waals surface area contributed by atoms with Gasteiger partial charge in [-0.3, -0.25) is 4.79 Å². The van der Waals surface area contributed by atoms with Crippen molar-refractivity contribution in [3.05, 3.63) is 65.2 Å². The zero-order valence-electron chi connectivity index (χ0n) is 18.3. The average Bonchev–Trinajstić information content (AvgIpc) is 2.72. The summed E-state index contributed by atoms with van der Waals surface area (Å²) in [6, 6.07) is 12.4. The first-order valence-electron chi connectivity index (χ1n) is 9.97. The van der Waals surface area contributed by atoms with E-state index in [-0.39, 0.29) is 42.3 Å². The quantitative estimate of drug-likeness (QED) is 0.391. The highest BCUT2D eigenvalue weighted by Crippen LogP contribution is 2.12. The van der Waals surface area contributed by atoms with Crippen molar-refractivity contribution in [2.24, 2.45) is 0 Å². The second kappa shape index (κ2) is 11.5. The Balaban J connectivity index is 1.92. The van der Waals surface area contributed by atoms with Gasteiger partial charge in [-0.1, -0.05) is 24.3 Å². The SMILES string of the molecule is COCCNS(=O)(=O)c1ccc(C(=O)NCc2ccc(CS(=O)(=O)NC(C)C)cc2)cc1. The monoisotopic (exact) mass is 483 g/mol. The average molecular weight is 484 g/mol. The molecule has 0 heterocycles. The molecule has 0 unspecified atom stereocenters. The van der Waals surface area contributed by atoms with E-state index in [1.165, 1.54) is 31.4 Å². The van der Waals surface area contributed by atoms with E-state index >= 15 is 0 Å². The molecule has 0 fully saturated rings. The Kier molecular flexibility index (Phi) is 9.34. The molecule has 2 rings (SSSR count). The van der Waals surface area contributed by atoms with Crippen molar-refractivity contribution in [1.82, 2.24) is 14.8 Å². The predicted molar refractivity (Wildman–Crippen MR) is 122 cm³/mol. The maximum atomic E-state index is 12.4. The van der Waals surface area contributed by atoms with Gasteiger partial charge in [0.2, 0.25) is 20.0 Å². The van der Waals surface area contributed by atoms with Crippen LogP contribution in [0.25, 0.3) is 0 Å². The van der Waals surface area contributed by atoms with Gasteiger partial charge in [-0.25, -0.2) is 26.3 Å². The van der Waals surface area contributed by atoms with Gasteiger partial charge in [0.25, 0.3) is 5.91 Å². The second-order valence-corrected chi connectivity index (χ2v) is 11.0. The summed E-state index contributed by atoms with van der Waals surface area (Å²) in [5, 5.41) is 2.76. The van der Waals surface area contributed by atoms with Gasteiger partial charge >= 0.3 is 0 Å². The first kappa shape index (κ1) is 25.9. The van der Waals surface area contributed by atoms with E-state index in [0.717, 1.165) is 5.56 Å². The van der Waals surface area contributed by atoms with Crippen molar-refractivity contribution in [2.75, 3.05) is 20.3 Å². The molecular weight excluding hydrogens is 454 g/mol. The number of methoxy groups -OCH3 is 1. The van der Waals surface area contributed by atoms with Crippen molar-refractivity contribution < 1.29 is 26.4 Å². The zero-order valence-corrected chi connectivity index (χ0v) is 19.9. The van der Waals surface area contributed by atoms with E-state index < -0.39 is 20.0 Å². The minimum atomic E-state index is -3.66. The molecule has 9 nitrogen and oxygen atoms in total. The minimum absolute atomic E-state index is 0.0580. The number of carbonyl (C=O) groups is 1. The highest BCUT2D eigenvalue weighted by atomic mass is 32.2. The number of amides is 1. The van der Waals surface area contributed by atoms with Crippen LogP contribution in [0.2, 0.25) is 0 Å². The molecule has 2 aromatic rings. The van der Waals surface area contributed by atoms with E-state index in [1.807, 2.05) is 0 Å². The Morgan fingerprint density at radius 3 is 2.09 bits per heavy atom. The lowest BCUT2D eigenvalue weighted by Gasteiger charge is -2.10. The summed E-state index contributed by atoms with van der Waals surface area (Å²) in [4.78, 5) is 12.4. The van der Waals surface area contributed by atoms with Crippen LogP contribution in [0.3, 0.4) is 0 Å². The number of hydrogen-bond acceptors (Lipinski definition) is 6. The highest BCUT2D eigenvalue weighted by Gasteiger charge is 2.15. The van der Waals surface area contributed by atoms with Crippen molar-refractivity contribution in [2.45, 2.75) is 37.1 Å². The lowest BCUT2D eigenvalue weighted by atomic mass is 10.1. The van der Waals surface area contributed by atoms with E-state index in [1.54, 1.807) is 38.1 Å². The number of rotatable bonds is 12. The third-order valence-electron chi connectivity index (χ3n) is 4.27. The van der Waals surface area contributed by atoms with Gasteiger partial charge in [0.1, 0.15) is 0 Å².